The monoisotopic (exact) mass is 257 g/mol. The molecule has 0 radical (unpaired) electrons. The van der Waals surface area contributed by atoms with Crippen molar-refractivity contribution in [2.75, 3.05) is 7.11 Å². The van der Waals surface area contributed by atoms with Gasteiger partial charge >= 0.3 is 0 Å². The first-order valence-corrected chi connectivity index (χ1v) is 6.95. The Morgan fingerprint density at radius 3 is 2.94 bits per heavy atom. The van der Waals surface area contributed by atoms with E-state index in [-0.39, 0.29) is 0 Å². The van der Waals surface area contributed by atoms with Crippen LogP contribution in [0.2, 0.25) is 0 Å². The summed E-state index contributed by atoms with van der Waals surface area (Å²) in [5.74, 6) is 0.946. The fourth-order valence-corrected chi connectivity index (χ4v) is 2.96. The Balaban J connectivity index is 1.88. The van der Waals surface area contributed by atoms with Crippen molar-refractivity contribution in [3.8, 4) is 5.75 Å². The predicted molar refractivity (Wildman–Crippen MR) is 76.5 cm³/mol. The number of aryl methyl sites for hydroxylation is 2. The summed E-state index contributed by atoms with van der Waals surface area (Å²) in [4.78, 5) is 0. The zero-order chi connectivity index (χ0) is 12.4. The standard InChI is InChI=1S/C15H15NOS/c1-17-15-4-2-3-14-13(15)6-9-16(14)8-5-12-7-10-18-11-12/h2-4,6-7,9-11H,5,8H2,1H3. The third-order valence-corrected chi connectivity index (χ3v) is 3.95. The van der Waals surface area contributed by atoms with Crippen LogP contribution in [0.25, 0.3) is 10.9 Å². The number of nitrogens with zero attached hydrogens (tertiary/aromatic N) is 1. The van der Waals surface area contributed by atoms with E-state index < -0.39 is 0 Å². The molecule has 0 aliphatic carbocycles. The second-order valence-corrected chi connectivity index (χ2v) is 5.06. The summed E-state index contributed by atoms with van der Waals surface area (Å²) in [6, 6.07) is 10.5. The van der Waals surface area contributed by atoms with Gasteiger partial charge in [-0.25, -0.2) is 0 Å². The molecular formula is C15H15NOS. The van der Waals surface area contributed by atoms with Gasteiger partial charge in [0.1, 0.15) is 5.75 Å². The lowest BCUT2D eigenvalue weighted by Gasteiger charge is -2.06. The lowest BCUT2D eigenvalue weighted by atomic mass is 10.2. The highest BCUT2D eigenvalue weighted by molar-refractivity contribution is 7.07. The van der Waals surface area contributed by atoms with Crippen molar-refractivity contribution in [2.45, 2.75) is 13.0 Å². The second-order valence-electron chi connectivity index (χ2n) is 4.28. The molecule has 18 heavy (non-hydrogen) atoms. The van der Waals surface area contributed by atoms with E-state index in [2.05, 4.69) is 39.7 Å². The highest BCUT2D eigenvalue weighted by Gasteiger charge is 2.05. The SMILES string of the molecule is COc1cccc2c1ccn2CCc1ccsc1. The fourth-order valence-electron chi connectivity index (χ4n) is 2.25. The molecule has 3 rings (SSSR count). The molecule has 0 spiro atoms. The Hall–Kier alpha value is -1.74. The fraction of sp³-hybridized carbons (Fsp3) is 0.200. The average Bonchev–Trinajstić information content (AvgIpc) is 3.05. The maximum atomic E-state index is 5.38. The second kappa shape index (κ2) is 4.86. The lowest BCUT2D eigenvalue weighted by molar-refractivity contribution is 0.420. The van der Waals surface area contributed by atoms with Crippen molar-refractivity contribution in [1.29, 1.82) is 0 Å². The third kappa shape index (κ3) is 2.02. The maximum absolute atomic E-state index is 5.38. The van der Waals surface area contributed by atoms with Crippen LogP contribution in [0.5, 0.6) is 5.75 Å². The van der Waals surface area contributed by atoms with Crippen LogP contribution in [0.1, 0.15) is 5.56 Å². The molecule has 0 saturated heterocycles. The minimum atomic E-state index is 0.946. The molecule has 0 N–H and O–H groups in total. The summed E-state index contributed by atoms with van der Waals surface area (Å²) in [5, 5.41) is 5.53. The van der Waals surface area contributed by atoms with E-state index in [0.717, 1.165) is 18.7 Å². The smallest absolute Gasteiger partial charge is 0.128 e. The average molecular weight is 257 g/mol. The molecule has 0 amide bonds. The van der Waals surface area contributed by atoms with Crippen molar-refractivity contribution in [3.63, 3.8) is 0 Å². The Labute approximate surface area is 110 Å². The Morgan fingerprint density at radius 2 is 2.17 bits per heavy atom. The molecular weight excluding hydrogens is 242 g/mol. The minimum Gasteiger partial charge on any atom is -0.496 e. The largest absolute Gasteiger partial charge is 0.496 e. The maximum Gasteiger partial charge on any atom is 0.128 e. The van der Waals surface area contributed by atoms with Crippen molar-refractivity contribution >= 4 is 22.2 Å². The summed E-state index contributed by atoms with van der Waals surface area (Å²) >= 11 is 1.76. The number of hydrogen-bond donors (Lipinski definition) is 0. The van der Waals surface area contributed by atoms with Gasteiger partial charge in [-0.05, 0) is 47.0 Å². The molecule has 0 aliphatic heterocycles. The zero-order valence-electron chi connectivity index (χ0n) is 10.3. The summed E-state index contributed by atoms with van der Waals surface area (Å²) in [7, 11) is 1.72. The third-order valence-electron chi connectivity index (χ3n) is 3.22. The molecule has 0 fully saturated rings. The molecule has 0 aliphatic rings. The number of aromatic nitrogens is 1. The topological polar surface area (TPSA) is 14.2 Å². The van der Waals surface area contributed by atoms with Gasteiger partial charge in [-0.3, -0.25) is 0 Å². The number of methoxy groups -OCH3 is 1. The van der Waals surface area contributed by atoms with Gasteiger partial charge in [-0.1, -0.05) is 6.07 Å². The Kier molecular flexibility index (Phi) is 3.07. The summed E-state index contributed by atoms with van der Waals surface area (Å²) in [6.07, 6.45) is 3.21. The van der Waals surface area contributed by atoms with E-state index in [0.29, 0.717) is 0 Å². The number of benzene rings is 1. The minimum absolute atomic E-state index is 0.946. The van der Waals surface area contributed by atoms with Gasteiger partial charge in [-0.15, -0.1) is 0 Å². The van der Waals surface area contributed by atoms with E-state index >= 15 is 0 Å². The van der Waals surface area contributed by atoms with Crippen molar-refractivity contribution in [3.05, 3.63) is 52.9 Å². The molecule has 0 bridgehead atoms. The molecule has 2 aromatic heterocycles. The molecule has 92 valence electrons. The quantitative estimate of drug-likeness (QED) is 0.690. The van der Waals surface area contributed by atoms with E-state index in [1.165, 1.54) is 16.5 Å². The first kappa shape index (κ1) is 11.4. The highest BCUT2D eigenvalue weighted by atomic mass is 32.1. The normalized spacial score (nSPS) is 10.9. The van der Waals surface area contributed by atoms with Gasteiger partial charge in [0.15, 0.2) is 0 Å². The number of hydrogen-bond acceptors (Lipinski definition) is 2. The van der Waals surface area contributed by atoms with Gasteiger partial charge < -0.3 is 9.30 Å². The van der Waals surface area contributed by atoms with Crippen LogP contribution in [0.4, 0.5) is 0 Å². The molecule has 3 aromatic rings. The molecule has 2 nitrogen and oxygen atoms in total. The number of fused-ring (bicyclic) bond motifs is 1. The van der Waals surface area contributed by atoms with Crippen LogP contribution >= 0.6 is 11.3 Å². The molecule has 3 heteroatoms. The predicted octanol–water partition coefficient (Wildman–Crippen LogP) is 3.95. The Bertz CT molecular complexity index is 640. The molecule has 0 saturated carbocycles. The lowest BCUT2D eigenvalue weighted by Crippen LogP contribution is -1.98. The summed E-state index contributed by atoms with van der Waals surface area (Å²) < 4.78 is 7.67. The van der Waals surface area contributed by atoms with Crippen molar-refractivity contribution < 1.29 is 4.74 Å². The van der Waals surface area contributed by atoms with Gasteiger partial charge in [0.25, 0.3) is 0 Å². The van der Waals surface area contributed by atoms with Crippen molar-refractivity contribution in [2.24, 2.45) is 0 Å². The van der Waals surface area contributed by atoms with Crippen LogP contribution < -0.4 is 4.74 Å². The van der Waals surface area contributed by atoms with Crippen molar-refractivity contribution in [1.82, 2.24) is 4.57 Å². The van der Waals surface area contributed by atoms with Crippen LogP contribution in [-0.4, -0.2) is 11.7 Å². The number of ether oxygens (including phenoxy) is 1. The molecule has 2 heterocycles. The van der Waals surface area contributed by atoms with Crippen LogP contribution in [0.15, 0.2) is 47.3 Å². The summed E-state index contributed by atoms with van der Waals surface area (Å²) in [6.45, 7) is 1.01. The number of rotatable bonds is 4. The first-order valence-electron chi connectivity index (χ1n) is 6.01. The zero-order valence-corrected chi connectivity index (χ0v) is 11.1. The van der Waals surface area contributed by atoms with Crippen LogP contribution in [-0.2, 0) is 13.0 Å². The highest BCUT2D eigenvalue weighted by Crippen LogP contribution is 2.26. The van der Waals surface area contributed by atoms with E-state index in [1.54, 1.807) is 18.4 Å². The summed E-state index contributed by atoms with van der Waals surface area (Å²) in [5.41, 5.74) is 2.65. The van der Waals surface area contributed by atoms with Gasteiger partial charge in [0, 0.05) is 18.1 Å². The van der Waals surface area contributed by atoms with E-state index in [1.807, 2.05) is 12.1 Å². The van der Waals surface area contributed by atoms with E-state index in [4.69, 9.17) is 4.74 Å². The molecule has 0 atom stereocenters. The van der Waals surface area contributed by atoms with Crippen LogP contribution in [0, 0.1) is 0 Å². The van der Waals surface area contributed by atoms with Gasteiger partial charge in [0.2, 0.25) is 0 Å². The van der Waals surface area contributed by atoms with Crippen LogP contribution in [0.3, 0.4) is 0 Å². The van der Waals surface area contributed by atoms with E-state index in [9.17, 15) is 0 Å². The molecule has 0 unspecified atom stereocenters. The van der Waals surface area contributed by atoms with Gasteiger partial charge in [0.05, 0.1) is 12.6 Å². The first-order chi connectivity index (χ1) is 8.88. The Morgan fingerprint density at radius 1 is 1.22 bits per heavy atom. The van der Waals surface area contributed by atoms with Gasteiger partial charge in [-0.2, -0.15) is 11.3 Å². The molecule has 1 aromatic carbocycles. The number of thiophene rings is 1.